The van der Waals surface area contributed by atoms with Gasteiger partial charge in [-0.05, 0) is 37.1 Å². The Balaban J connectivity index is 2.28. The van der Waals surface area contributed by atoms with E-state index >= 15 is 0 Å². The first-order chi connectivity index (χ1) is 9.11. The minimum Gasteiger partial charge on any atom is -0.323 e. The van der Waals surface area contributed by atoms with Gasteiger partial charge in [-0.2, -0.15) is 0 Å². The molecule has 4 N–H and O–H groups in total. The van der Waals surface area contributed by atoms with Gasteiger partial charge in [0.25, 0.3) is 5.91 Å². The summed E-state index contributed by atoms with van der Waals surface area (Å²) in [5.74, 6) is 5.14. The van der Waals surface area contributed by atoms with Gasteiger partial charge in [0, 0.05) is 18.1 Å². The molecule has 2 aromatic rings. The minimum atomic E-state index is -0.241. The Hall–Kier alpha value is -2.40. The van der Waals surface area contributed by atoms with Gasteiger partial charge in [-0.25, -0.2) is 0 Å². The van der Waals surface area contributed by atoms with Crippen molar-refractivity contribution in [1.82, 2.24) is 4.98 Å². The number of rotatable bonds is 3. The van der Waals surface area contributed by atoms with E-state index in [-0.39, 0.29) is 5.91 Å². The largest absolute Gasteiger partial charge is 0.323 e. The molecule has 2 rings (SSSR count). The second-order valence-electron chi connectivity index (χ2n) is 4.34. The highest BCUT2D eigenvalue weighted by Gasteiger charge is 2.12. The number of aryl methyl sites for hydroxylation is 2. The fraction of sp³-hybridized carbons (Fsp3) is 0.143. The van der Waals surface area contributed by atoms with Gasteiger partial charge in [-0.15, -0.1) is 0 Å². The van der Waals surface area contributed by atoms with Crippen molar-refractivity contribution in [3.8, 4) is 0 Å². The first-order valence-electron chi connectivity index (χ1n) is 5.91. The van der Waals surface area contributed by atoms with Crippen molar-refractivity contribution in [2.24, 2.45) is 5.84 Å². The van der Waals surface area contributed by atoms with Gasteiger partial charge in [-0.1, -0.05) is 12.1 Å². The van der Waals surface area contributed by atoms with Crippen molar-refractivity contribution < 1.29 is 4.79 Å². The van der Waals surface area contributed by atoms with E-state index in [2.05, 4.69) is 15.7 Å². The third kappa shape index (κ3) is 2.89. The normalized spacial score (nSPS) is 10.1. The van der Waals surface area contributed by atoms with E-state index in [4.69, 9.17) is 5.84 Å². The Morgan fingerprint density at radius 2 is 2.00 bits per heavy atom. The zero-order chi connectivity index (χ0) is 13.8. The van der Waals surface area contributed by atoms with Crippen LogP contribution in [0.3, 0.4) is 0 Å². The van der Waals surface area contributed by atoms with Crippen LogP contribution in [0.25, 0.3) is 0 Å². The Morgan fingerprint density at radius 1 is 1.21 bits per heavy atom. The highest BCUT2D eigenvalue weighted by Crippen LogP contribution is 2.19. The fourth-order valence-electron chi connectivity index (χ4n) is 1.76. The molecule has 0 fully saturated rings. The van der Waals surface area contributed by atoms with Crippen molar-refractivity contribution >= 4 is 17.3 Å². The average Bonchev–Trinajstić information content (AvgIpc) is 2.42. The zero-order valence-corrected chi connectivity index (χ0v) is 10.9. The molecule has 1 amide bonds. The van der Waals surface area contributed by atoms with E-state index in [1.807, 2.05) is 32.0 Å². The van der Waals surface area contributed by atoms with Gasteiger partial charge < -0.3 is 10.7 Å². The molecule has 0 saturated heterocycles. The molecular formula is C14H16N4O. The van der Waals surface area contributed by atoms with Crippen LogP contribution in [0.2, 0.25) is 0 Å². The number of carbonyl (C=O) groups is 1. The molecule has 0 saturated carbocycles. The lowest BCUT2D eigenvalue weighted by Gasteiger charge is -2.11. The third-order valence-electron chi connectivity index (χ3n) is 2.86. The number of nitrogens with zero attached hydrogens (tertiary/aromatic N) is 1. The topological polar surface area (TPSA) is 80.0 Å². The summed E-state index contributed by atoms with van der Waals surface area (Å²) in [6, 6.07) is 7.55. The van der Waals surface area contributed by atoms with Crippen LogP contribution in [-0.2, 0) is 0 Å². The summed E-state index contributed by atoms with van der Waals surface area (Å²) < 4.78 is 0. The minimum absolute atomic E-state index is 0.241. The highest BCUT2D eigenvalue weighted by atomic mass is 16.1. The van der Waals surface area contributed by atoms with Crippen molar-refractivity contribution in [3.63, 3.8) is 0 Å². The number of hydrazine groups is 1. The molecule has 0 bridgehead atoms. The molecule has 0 spiro atoms. The SMILES string of the molecule is Cc1ccc(C)c(NC(=O)c2cnccc2NN)c1. The summed E-state index contributed by atoms with van der Waals surface area (Å²) in [4.78, 5) is 16.2. The van der Waals surface area contributed by atoms with Gasteiger partial charge in [0.15, 0.2) is 0 Å². The van der Waals surface area contributed by atoms with Crippen LogP contribution in [-0.4, -0.2) is 10.9 Å². The summed E-state index contributed by atoms with van der Waals surface area (Å²) in [6.45, 7) is 3.92. The average molecular weight is 256 g/mol. The fourth-order valence-corrected chi connectivity index (χ4v) is 1.76. The summed E-state index contributed by atoms with van der Waals surface area (Å²) in [5.41, 5.74) is 6.32. The van der Waals surface area contributed by atoms with Gasteiger partial charge in [0.2, 0.25) is 0 Å². The van der Waals surface area contributed by atoms with Crippen molar-refractivity contribution in [2.45, 2.75) is 13.8 Å². The van der Waals surface area contributed by atoms with Gasteiger partial charge in [0.05, 0.1) is 11.3 Å². The molecule has 1 aromatic heterocycles. The number of amides is 1. The van der Waals surface area contributed by atoms with E-state index in [1.54, 1.807) is 12.3 Å². The van der Waals surface area contributed by atoms with E-state index in [1.165, 1.54) is 6.20 Å². The number of nitrogens with two attached hydrogens (primary N) is 1. The molecule has 0 radical (unpaired) electrons. The molecule has 0 aliphatic heterocycles. The monoisotopic (exact) mass is 256 g/mol. The maximum atomic E-state index is 12.2. The lowest BCUT2D eigenvalue weighted by molar-refractivity contribution is 0.102. The lowest BCUT2D eigenvalue weighted by Crippen LogP contribution is -2.18. The maximum Gasteiger partial charge on any atom is 0.259 e. The van der Waals surface area contributed by atoms with Crippen LogP contribution < -0.4 is 16.6 Å². The second kappa shape index (κ2) is 5.49. The highest BCUT2D eigenvalue weighted by molar-refractivity contribution is 6.08. The van der Waals surface area contributed by atoms with Crippen molar-refractivity contribution in [2.75, 3.05) is 10.7 Å². The summed E-state index contributed by atoms with van der Waals surface area (Å²) in [5, 5.41) is 2.87. The van der Waals surface area contributed by atoms with Gasteiger partial charge in [0.1, 0.15) is 0 Å². The molecule has 0 unspecified atom stereocenters. The van der Waals surface area contributed by atoms with Crippen LogP contribution in [0.1, 0.15) is 21.5 Å². The number of nitrogen functional groups attached to an aromatic ring is 1. The number of pyridine rings is 1. The van der Waals surface area contributed by atoms with E-state index in [0.717, 1.165) is 16.8 Å². The number of hydrogen-bond donors (Lipinski definition) is 3. The van der Waals surface area contributed by atoms with Crippen LogP contribution in [0, 0.1) is 13.8 Å². The molecule has 1 aromatic carbocycles. The Labute approximate surface area is 111 Å². The maximum absolute atomic E-state index is 12.2. The van der Waals surface area contributed by atoms with Crippen LogP contribution in [0.4, 0.5) is 11.4 Å². The standard InChI is InChI=1S/C14H16N4O/c1-9-3-4-10(2)13(7-9)17-14(19)11-8-16-6-5-12(11)18-15/h3-8H,15H2,1-2H3,(H,16,18)(H,17,19). The number of carbonyl (C=O) groups excluding carboxylic acids is 1. The first kappa shape index (κ1) is 13.0. The number of anilines is 2. The Morgan fingerprint density at radius 3 is 2.74 bits per heavy atom. The molecule has 0 aliphatic rings. The molecular weight excluding hydrogens is 240 g/mol. The molecule has 19 heavy (non-hydrogen) atoms. The molecule has 0 aliphatic carbocycles. The van der Waals surface area contributed by atoms with Crippen LogP contribution in [0.5, 0.6) is 0 Å². The molecule has 0 atom stereocenters. The van der Waals surface area contributed by atoms with Gasteiger partial charge >= 0.3 is 0 Å². The number of hydrogen-bond acceptors (Lipinski definition) is 4. The predicted octanol–water partition coefficient (Wildman–Crippen LogP) is 2.24. The number of nitrogens with one attached hydrogen (secondary N) is 2. The van der Waals surface area contributed by atoms with E-state index in [9.17, 15) is 4.79 Å². The lowest BCUT2D eigenvalue weighted by atomic mass is 10.1. The summed E-state index contributed by atoms with van der Waals surface area (Å²) in [6.07, 6.45) is 3.06. The van der Waals surface area contributed by atoms with Crippen molar-refractivity contribution in [3.05, 3.63) is 53.3 Å². The van der Waals surface area contributed by atoms with Crippen LogP contribution >= 0.6 is 0 Å². The second-order valence-corrected chi connectivity index (χ2v) is 4.34. The molecule has 5 heteroatoms. The number of aromatic nitrogens is 1. The quantitative estimate of drug-likeness (QED) is 0.581. The van der Waals surface area contributed by atoms with Gasteiger partial charge in [-0.3, -0.25) is 15.6 Å². The zero-order valence-electron chi connectivity index (χ0n) is 10.9. The number of benzene rings is 1. The third-order valence-corrected chi connectivity index (χ3v) is 2.86. The summed E-state index contributed by atoms with van der Waals surface area (Å²) in [7, 11) is 0. The van der Waals surface area contributed by atoms with Crippen molar-refractivity contribution in [1.29, 1.82) is 0 Å². The smallest absolute Gasteiger partial charge is 0.259 e. The van der Waals surface area contributed by atoms with E-state index < -0.39 is 0 Å². The summed E-state index contributed by atoms with van der Waals surface area (Å²) >= 11 is 0. The first-order valence-corrected chi connectivity index (χ1v) is 5.91. The molecule has 1 heterocycles. The Kier molecular flexibility index (Phi) is 3.77. The predicted molar refractivity (Wildman–Crippen MR) is 75.9 cm³/mol. The molecule has 98 valence electrons. The molecule has 5 nitrogen and oxygen atoms in total. The Bertz CT molecular complexity index is 610. The van der Waals surface area contributed by atoms with E-state index in [0.29, 0.717) is 11.3 Å². The van der Waals surface area contributed by atoms with Crippen LogP contribution in [0.15, 0.2) is 36.7 Å².